The quantitative estimate of drug-likeness (QED) is 0.584. The van der Waals surface area contributed by atoms with Crippen molar-refractivity contribution >= 4 is 35.5 Å². The smallest absolute Gasteiger partial charge is 0.353 e. The Labute approximate surface area is 122 Å². The van der Waals surface area contributed by atoms with Crippen LogP contribution in [0.3, 0.4) is 0 Å². The molecule has 19 heavy (non-hydrogen) atoms. The van der Waals surface area contributed by atoms with Gasteiger partial charge in [-0.3, -0.25) is 0 Å². The summed E-state index contributed by atoms with van der Waals surface area (Å²) in [4.78, 5) is 24.6. The zero-order valence-corrected chi connectivity index (χ0v) is 13.1. The van der Waals surface area contributed by atoms with Crippen molar-refractivity contribution in [3.8, 4) is 0 Å². The molecule has 0 bridgehead atoms. The third-order valence-corrected chi connectivity index (χ3v) is 6.17. The van der Waals surface area contributed by atoms with Gasteiger partial charge >= 0.3 is 11.9 Å². The van der Waals surface area contributed by atoms with Crippen molar-refractivity contribution in [1.82, 2.24) is 0 Å². The van der Waals surface area contributed by atoms with Gasteiger partial charge in [0.05, 0.1) is 0 Å². The summed E-state index contributed by atoms with van der Waals surface area (Å²) in [7, 11) is 0. The van der Waals surface area contributed by atoms with Gasteiger partial charge in [0, 0.05) is 10.5 Å². The van der Waals surface area contributed by atoms with E-state index in [9.17, 15) is 9.59 Å². The maximum atomic E-state index is 11.8. The van der Waals surface area contributed by atoms with Gasteiger partial charge in [-0.2, -0.15) is 0 Å². The van der Waals surface area contributed by atoms with Crippen LogP contribution >= 0.6 is 23.5 Å². The Hall–Kier alpha value is -0.420. The average molecular weight is 300 g/mol. The maximum absolute atomic E-state index is 11.8. The molecule has 0 aromatic rings. The monoisotopic (exact) mass is 300 g/mol. The highest BCUT2D eigenvalue weighted by Gasteiger charge is 2.36. The predicted molar refractivity (Wildman–Crippen MR) is 79.9 cm³/mol. The van der Waals surface area contributed by atoms with Crippen LogP contribution < -0.4 is 0 Å². The van der Waals surface area contributed by atoms with Gasteiger partial charge in [-0.05, 0) is 19.3 Å². The van der Waals surface area contributed by atoms with Crippen molar-refractivity contribution in [1.29, 1.82) is 0 Å². The number of unbranched alkanes of at least 4 members (excludes halogenated alkanes) is 1. The molecule has 2 aliphatic rings. The first-order valence-electron chi connectivity index (χ1n) is 6.96. The first-order valence-corrected chi connectivity index (χ1v) is 8.71. The van der Waals surface area contributed by atoms with E-state index in [-0.39, 0.29) is 0 Å². The summed E-state index contributed by atoms with van der Waals surface area (Å²) >= 11 is 3.07. The van der Waals surface area contributed by atoms with Crippen molar-refractivity contribution in [3.05, 3.63) is 9.81 Å². The standard InChI is InChI=1S/C14H20O3S2/c1-3-4-7-10-8-5-6-9(2)18-11-12(19-10)14(16)17-13(11)15/h9-10H,3-8H2,1-2H3. The highest BCUT2D eigenvalue weighted by molar-refractivity contribution is 8.08. The molecular weight excluding hydrogens is 280 g/mol. The van der Waals surface area contributed by atoms with Crippen molar-refractivity contribution in [3.63, 3.8) is 0 Å². The lowest BCUT2D eigenvalue weighted by Crippen LogP contribution is -2.08. The van der Waals surface area contributed by atoms with E-state index in [0.717, 1.165) is 25.7 Å². The summed E-state index contributed by atoms with van der Waals surface area (Å²) in [5.74, 6) is -0.881. The summed E-state index contributed by atoms with van der Waals surface area (Å²) in [5, 5.41) is 0.809. The fourth-order valence-corrected chi connectivity index (χ4v) is 4.85. The molecule has 5 heteroatoms. The van der Waals surface area contributed by atoms with Crippen molar-refractivity contribution in [2.45, 2.75) is 62.9 Å². The minimum Gasteiger partial charge on any atom is -0.385 e. The fourth-order valence-electron chi connectivity index (χ4n) is 2.32. The Kier molecular flexibility index (Phi) is 5.39. The second-order valence-corrected chi connectivity index (χ2v) is 7.84. The average Bonchev–Trinajstić information content (AvgIpc) is 2.66. The Morgan fingerprint density at radius 2 is 1.84 bits per heavy atom. The Bertz CT molecular complexity index is 403. The van der Waals surface area contributed by atoms with Gasteiger partial charge < -0.3 is 4.74 Å². The minimum atomic E-state index is -0.444. The van der Waals surface area contributed by atoms with E-state index in [1.54, 1.807) is 11.8 Å². The highest BCUT2D eigenvalue weighted by Crippen LogP contribution is 2.43. The fraction of sp³-hybridized carbons (Fsp3) is 0.714. The zero-order valence-electron chi connectivity index (χ0n) is 11.4. The molecule has 0 fully saturated rings. The number of carbonyl (C=O) groups is 2. The molecule has 3 nitrogen and oxygen atoms in total. The van der Waals surface area contributed by atoms with Crippen LogP contribution in [-0.4, -0.2) is 22.4 Å². The molecule has 0 aromatic heterocycles. The highest BCUT2D eigenvalue weighted by atomic mass is 32.2. The summed E-state index contributed by atoms with van der Waals surface area (Å²) in [6.45, 7) is 4.29. The van der Waals surface area contributed by atoms with E-state index < -0.39 is 11.9 Å². The predicted octanol–water partition coefficient (Wildman–Crippen LogP) is 3.88. The molecule has 0 saturated carbocycles. The molecule has 0 amide bonds. The van der Waals surface area contributed by atoms with Gasteiger partial charge in [0.25, 0.3) is 0 Å². The van der Waals surface area contributed by atoms with Crippen LogP contribution in [0.15, 0.2) is 9.81 Å². The molecule has 2 heterocycles. The first kappa shape index (κ1) is 15.0. The largest absolute Gasteiger partial charge is 0.385 e. The molecule has 106 valence electrons. The topological polar surface area (TPSA) is 43.4 Å². The van der Waals surface area contributed by atoms with E-state index in [1.165, 1.54) is 24.6 Å². The number of hydrogen-bond donors (Lipinski definition) is 0. The van der Waals surface area contributed by atoms with Gasteiger partial charge in [-0.25, -0.2) is 9.59 Å². The Balaban J connectivity index is 2.18. The molecule has 0 spiro atoms. The van der Waals surface area contributed by atoms with E-state index in [1.807, 2.05) is 0 Å². The maximum Gasteiger partial charge on any atom is 0.353 e. The third kappa shape index (κ3) is 3.78. The summed E-state index contributed by atoms with van der Waals surface area (Å²) < 4.78 is 4.77. The number of esters is 2. The number of thioether (sulfide) groups is 2. The van der Waals surface area contributed by atoms with Crippen molar-refractivity contribution in [2.75, 3.05) is 0 Å². The number of hydrogen-bond acceptors (Lipinski definition) is 5. The van der Waals surface area contributed by atoms with E-state index in [2.05, 4.69) is 13.8 Å². The van der Waals surface area contributed by atoms with Crippen LogP contribution in [0.25, 0.3) is 0 Å². The van der Waals surface area contributed by atoms with Crippen LogP contribution in [0.5, 0.6) is 0 Å². The molecule has 2 unspecified atom stereocenters. The van der Waals surface area contributed by atoms with Crippen LogP contribution in [-0.2, 0) is 14.3 Å². The third-order valence-electron chi connectivity index (χ3n) is 3.38. The number of ether oxygens (including phenoxy) is 1. The van der Waals surface area contributed by atoms with Crippen LogP contribution in [0, 0.1) is 0 Å². The normalized spacial score (nSPS) is 28.5. The lowest BCUT2D eigenvalue weighted by atomic mass is 10.1. The van der Waals surface area contributed by atoms with E-state index in [4.69, 9.17) is 4.74 Å². The molecule has 0 N–H and O–H groups in total. The molecular formula is C14H20O3S2. The molecule has 0 saturated heterocycles. The summed E-state index contributed by atoms with van der Waals surface area (Å²) in [6, 6.07) is 0. The van der Waals surface area contributed by atoms with Crippen LogP contribution in [0.1, 0.15) is 52.4 Å². The van der Waals surface area contributed by atoms with Crippen molar-refractivity contribution < 1.29 is 14.3 Å². The number of rotatable bonds is 3. The van der Waals surface area contributed by atoms with Crippen LogP contribution in [0.4, 0.5) is 0 Å². The minimum absolute atomic E-state index is 0.369. The second kappa shape index (κ2) is 6.84. The second-order valence-electron chi connectivity index (χ2n) is 5.08. The lowest BCUT2D eigenvalue weighted by molar-refractivity contribution is -0.150. The Morgan fingerprint density at radius 1 is 1.16 bits per heavy atom. The summed E-state index contributed by atoms with van der Waals surface area (Å²) in [6.07, 6.45) is 6.82. The van der Waals surface area contributed by atoms with Crippen LogP contribution in [0.2, 0.25) is 0 Å². The number of carbonyl (C=O) groups excluding carboxylic acids is 2. The number of cyclic esters (lactones) is 2. The summed E-state index contributed by atoms with van der Waals surface area (Å²) in [5.41, 5.74) is 0. The van der Waals surface area contributed by atoms with Gasteiger partial charge in [0.15, 0.2) is 0 Å². The molecule has 2 aliphatic heterocycles. The zero-order chi connectivity index (χ0) is 13.8. The van der Waals surface area contributed by atoms with Gasteiger partial charge in [-0.15, -0.1) is 23.5 Å². The molecule has 0 aliphatic carbocycles. The first-order chi connectivity index (χ1) is 9.11. The molecule has 0 radical (unpaired) electrons. The van der Waals surface area contributed by atoms with Crippen molar-refractivity contribution in [2.24, 2.45) is 0 Å². The Morgan fingerprint density at radius 3 is 2.53 bits per heavy atom. The van der Waals surface area contributed by atoms with Gasteiger partial charge in [-0.1, -0.05) is 33.1 Å². The van der Waals surface area contributed by atoms with E-state index >= 15 is 0 Å². The van der Waals surface area contributed by atoms with Gasteiger partial charge in [0.1, 0.15) is 9.81 Å². The van der Waals surface area contributed by atoms with E-state index in [0.29, 0.717) is 20.3 Å². The SMILES string of the molecule is CCCCC1CCCC(C)SC2=C(S1)C(=O)OC2=O. The molecule has 2 atom stereocenters. The lowest BCUT2D eigenvalue weighted by Gasteiger charge is -2.15. The van der Waals surface area contributed by atoms with Gasteiger partial charge in [0.2, 0.25) is 0 Å². The molecule has 0 aromatic carbocycles. The molecule has 2 rings (SSSR count).